The first-order valence-corrected chi connectivity index (χ1v) is 4.23. The second-order valence-electron chi connectivity index (χ2n) is 3.08. The number of rotatable bonds is 3. The summed E-state index contributed by atoms with van der Waals surface area (Å²) in [7, 11) is 1.67. The molecule has 1 fully saturated rings. The Labute approximate surface area is 71.9 Å². The third-order valence-electron chi connectivity index (χ3n) is 2.24. The highest BCUT2D eigenvalue weighted by atomic mass is 16.5. The van der Waals surface area contributed by atoms with E-state index < -0.39 is 12.0 Å². The summed E-state index contributed by atoms with van der Waals surface area (Å²) in [6, 6.07) is -0.453. The summed E-state index contributed by atoms with van der Waals surface area (Å²) in [6.45, 7) is 1.34. The molecule has 70 valence electrons. The average Bonchev–Trinajstić information content (AvgIpc) is 2.07. The molecule has 0 bridgehead atoms. The summed E-state index contributed by atoms with van der Waals surface area (Å²) in [4.78, 5) is 10.7. The molecule has 12 heavy (non-hydrogen) atoms. The molecule has 0 aromatic rings. The fourth-order valence-corrected chi connectivity index (χ4v) is 1.59. The van der Waals surface area contributed by atoms with Gasteiger partial charge in [-0.15, -0.1) is 0 Å². The van der Waals surface area contributed by atoms with Crippen molar-refractivity contribution in [1.82, 2.24) is 5.32 Å². The van der Waals surface area contributed by atoms with Gasteiger partial charge in [-0.3, -0.25) is 4.79 Å². The minimum Gasteiger partial charge on any atom is -0.480 e. The molecular formula is C8H15NO3. The summed E-state index contributed by atoms with van der Waals surface area (Å²) < 4.78 is 5.21. The first-order chi connectivity index (χ1) is 5.75. The molecule has 0 radical (unpaired) electrons. The number of ether oxygens (including phenoxy) is 1. The van der Waals surface area contributed by atoms with Gasteiger partial charge >= 0.3 is 5.97 Å². The number of hydrogen-bond donors (Lipinski definition) is 2. The molecule has 1 heterocycles. The Kier molecular flexibility index (Phi) is 3.49. The van der Waals surface area contributed by atoms with Crippen molar-refractivity contribution in [2.45, 2.75) is 18.9 Å². The molecule has 1 saturated heterocycles. The Hall–Kier alpha value is -0.610. The van der Waals surface area contributed by atoms with E-state index in [4.69, 9.17) is 9.84 Å². The molecule has 1 aliphatic heterocycles. The van der Waals surface area contributed by atoms with E-state index >= 15 is 0 Å². The van der Waals surface area contributed by atoms with E-state index in [1.54, 1.807) is 7.05 Å². The lowest BCUT2D eigenvalue weighted by Gasteiger charge is -2.26. The fraction of sp³-hybridized carbons (Fsp3) is 0.875. The van der Waals surface area contributed by atoms with Gasteiger partial charge in [0.2, 0.25) is 0 Å². The second-order valence-corrected chi connectivity index (χ2v) is 3.08. The van der Waals surface area contributed by atoms with Crippen molar-refractivity contribution in [2.24, 2.45) is 5.92 Å². The maximum absolute atomic E-state index is 10.7. The Balaban J connectivity index is 2.46. The smallest absolute Gasteiger partial charge is 0.321 e. The number of carbonyl (C=O) groups is 1. The van der Waals surface area contributed by atoms with Gasteiger partial charge in [0.05, 0.1) is 6.61 Å². The predicted octanol–water partition coefficient (Wildman–Crippen LogP) is 0.0856. The number of likely N-dealkylation sites (N-methyl/N-ethyl adjacent to an activating group) is 1. The normalized spacial score (nSPS) is 26.6. The van der Waals surface area contributed by atoms with Gasteiger partial charge in [-0.05, 0) is 19.9 Å². The van der Waals surface area contributed by atoms with Crippen molar-refractivity contribution < 1.29 is 14.6 Å². The van der Waals surface area contributed by atoms with E-state index in [0.29, 0.717) is 6.61 Å². The van der Waals surface area contributed by atoms with Gasteiger partial charge < -0.3 is 15.2 Å². The van der Waals surface area contributed by atoms with Crippen LogP contribution in [0.2, 0.25) is 0 Å². The molecule has 2 N–H and O–H groups in total. The minimum absolute atomic E-state index is 0.126. The van der Waals surface area contributed by atoms with Crippen molar-refractivity contribution in [3.63, 3.8) is 0 Å². The Morgan fingerprint density at radius 1 is 1.75 bits per heavy atom. The third kappa shape index (κ3) is 2.19. The molecule has 1 rings (SSSR count). The van der Waals surface area contributed by atoms with E-state index in [1.165, 1.54) is 0 Å². The van der Waals surface area contributed by atoms with Gasteiger partial charge in [-0.1, -0.05) is 0 Å². The van der Waals surface area contributed by atoms with E-state index in [2.05, 4.69) is 5.32 Å². The molecule has 2 unspecified atom stereocenters. The third-order valence-corrected chi connectivity index (χ3v) is 2.24. The van der Waals surface area contributed by atoms with Crippen LogP contribution in [0.1, 0.15) is 12.8 Å². The molecule has 0 amide bonds. The minimum atomic E-state index is -0.784. The fourth-order valence-electron chi connectivity index (χ4n) is 1.59. The van der Waals surface area contributed by atoms with Crippen LogP contribution in [0.4, 0.5) is 0 Å². The zero-order valence-corrected chi connectivity index (χ0v) is 7.25. The van der Waals surface area contributed by atoms with Crippen LogP contribution in [0, 0.1) is 5.92 Å². The van der Waals surface area contributed by atoms with E-state index in [0.717, 1.165) is 19.4 Å². The Bertz CT molecular complexity index is 154. The van der Waals surface area contributed by atoms with E-state index in [-0.39, 0.29) is 5.92 Å². The highest BCUT2D eigenvalue weighted by Gasteiger charge is 2.28. The summed E-state index contributed by atoms with van der Waals surface area (Å²) in [5.74, 6) is -0.658. The molecule has 0 spiro atoms. The second kappa shape index (κ2) is 4.42. The highest BCUT2D eigenvalue weighted by molar-refractivity contribution is 5.73. The molecule has 0 saturated carbocycles. The lowest BCUT2D eigenvalue weighted by atomic mass is 9.94. The van der Waals surface area contributed by atoms with Crippen LogP contribution in [0.15, 0.2) is 0 Å². The molecule has 1 aliphatic rings. The quantitative estimate of drug-likeness (QED) is 0.635. The van der Waals surface area contributed by atoms with Gasteiger partial charge in [-0.25, -0.2) is 0 Å². The molecule has 0 aliphatic carbocycles. The lowest BCUT2D eigenvalue weighted by molar-refractivity contribution is -0.142. The van der Waals surface area contributed by atoms with Crippen LogP contribution in [-0.4, -0.2) is 37.4 Å². The van der Waals surface area contributed by atoms with Crippen molar-refractivity contribution >= 4 is 5.97 Å². The predicted molar refractivity (Wildman–Crippen MR) is 44.0 cm³/mol. The maximum atomic E-state index is 10.7. The molecule has 2 atom stereocenters. The summed E-state index contributed by atoms with van der Waals surface area (Å²) >= 11 is 0. The number of carboxylic acids is 1. The molecule has 4 heteroatoms. The summed E-state index contributed by atoms with van der Waals surface area (Å²) in [5, 5.41) is 11.6. The molecule has 0 aromatic carbocycles. The van der Waals surface area contributed by atoms with Gasteiger partial charge in [0.1, 0.15) is 6.04 Å². The van der Waals surface area contributed by atoms with Crippen LogP contribution in [0.25, 0.3) is 0 Å². The van der Waals surface area contributed by atoms with Crippen molar-refractivity contribution in [3.05, 3.63) is 0 Å². The number of aliphatic carboxylic acids is 1. The van der Waals surface area contributed by atoms with Crippen LogP contribution < -0.4 is 5.32 Å². The summed E-state index contributed by atoms with van der Waals surface area (Å²) in [6.07, 6.45) is 1.91. The molecule has 4 nitrogen and oxygen atoms in total. The average molecular weight is 173 g/mol. The SMILES string of the molecule is CNC(C(=O)O)C1CCCOC1. The van der Waals surface area contributed by atoms with Gasteiger partial charge in [-0.2, -0.15) is 0 Å². The van der Waals surface area contributed by atoms with Crippen LogP contribution in [0.5, 0.6) is 0 Å². The monoisotopic (exact) mass is 173 g/mol. The van der Waals surface area contributed by atoms with Crippen LogP contribution in [-0.2, 0) is 9.53 Å². The van der Waals surface area contributed by atoms with E-state index in [1.807, 2.05) is 0 Å². The zero-order chi connectivity index (χ0) is 8.97. The Morgan fingerprint density at radius 3 is 2.92 bits per heavy atom. The number of hydrogen-bond acceptors (Lipinski definition) is 3. The molecule has 0 aromatic heterocycles. The Morgan fingerprint density at radius 2 is 2.50 bits per heavy atom. The van der Waals surface area contributed by atoms with Crippen molar-refractivity contribution in [3.8, 4) is 0 Å². The first kappa shape index (κ1) is 9.48. The standard InChI is InChI=1S/C8H15NO3/c1-9-7(8(10)11)6-3-2-4-12-5-6/h6-7,9H,2-5H2,1H3,(H,10,11). The van der Waals surface area contributed by atoms with E-state index in [9.17, 15) is 4.79 Å². The molecular weight excluding hydrogens is 158 g/mol. The highest BCUT2D eigenvalue weighted by Crippen LogP contribution is 2.17. The zero-order valence-electron chi connectivity index (χ0n) is 7.25. The number of nitrogens with one attached hydrogen (secondary N) is 1. The number of carboxylic acid groups (broad SMARTS) is 1. The first-order valence-electron chi connectivity index (χ1n) is 4.23. The summed E-state index contributed by atoms with van der Waals surface area (Å²) in [5.41, 5.74) is 0. The topological polar surface area (TPSA) is 58.6 Å². The largest absolute Gasteiger partial charge is 0.480 e. The van der Waals surface area contributed by atoms with Gasteiger partial charge in [0.15, 0.2) is 0 Å². The van der Waals surface area contributed by atoms with Gasteiger partial charge in [0, 0.05) is 12.5 Å². The van der Waals surface area contributed by atoms with Crippen molar-refractivity contribution in [1.29, 1.82) is 0 Å². The van der Waals surface area contributed by atoms with Gasteiger partial charge in [0.25, 0.3) is 0 Å². The van der Waals surface area contributed by atoms with Crippen LogP contribution in [0.3, 0.4) is 0 Å². The van der Waals surface area contributed by atoms with Crippen molar-refractivity contribution in [2.75, 3.05) is 20.3 Å². The lowest BCUT2D eigenvalue weighted by Crippen LogP contribution is -2.44. The maximum Gasteiger partial charge on any atom is 0.321 e. The van der Waals surface area contributed by atoms with Crippen LogP contribution >= 0.6 is 0 Å².